The third-order valence-corrected chi connectivity index (χ3v) is 11.9. The Kier molecular flexibility index (Phi) is 7.82. The molecule has 4 heteroatoms. The van der Waals surface area contributed by atoms with Gasteiger partial charge in [-0.25, -0.2) is 0 Å². The molecule has 0 unspecified atom stereocenters. The molecule has 0 spiro atoms. The third kappa shape index (κ3) is 5.53. The van der Waals surface area contributed by atoms with E-state index in [1.165, 1.54) is 32.4 Å². The Labute approximate surface area is 347 Å². The molecule has 12 rings (SSSR count). The third-order valence-electron chi connectivity index (χ3n) is 11.9. The predicted octanol–water partition coefficient (Wildman–Crippen LogP) is 15.9. The molecule has 282 valence electrons. The molecule has 0 bridgehead atoms. The summed E-state index contributed by atoms with van der Waals surface area (Å²) in [6.07, 6.45) is 0. The number of aromatic nitrogens is 1. The molecule has 0 saturated heterocycles. The summed E-state index contributed by atoms with van der Waals surface area (Å²) < 4.78 is 9.16. The van der Waals surface area contributed by atoms with Gasteiger partial charge >= 0.3 is 0 Å². The average molecular weight is 768 g/mol. The van der Waals surface area contributed by atoms with Gasteiger partial charge in [-0.2, -0.15) is 0 Å². The lowest BCUT2D eigenvalue weighted by molar-refractivity contribution is 0.669. The largest absolute Gasteiger partial charge is 0.454 e. The normalized spacial score (nSPS) is 11.7. The van der Waals surface area contributed by atoms with Crippen LogP contribution in [0.15, 0.2) is 229 Å². The van der Waals surface area contributed by atoms with Gasteiger partial charge in [0.05, 0.1) is 16.7 Å². The number of fused-ring (bicyclic) bond motifs is 8. The minimum Gasteiger partial charge on any atom is -0.454 e. The van der Waals surface area contributed by atoms with Crippen molar-refractivity contribution >= 4 is 99.4 Å². The number of benzene rings is 10. The summed E-state index contributed by atoms with van der Waals surface area (Å²) in [5, 5.41) is 9.43. The van der Waals surface area contributed by atoms with Gasteiger partial charge in [0, 0.05) is 55.7 Å². The summed E-state index contributed by atoms with van der Waals surface area (Å²) in [7, 11) is 0. The van der Waals surface area contributed by atoms with E-state index >= 15 is 0 Å². The number of furan rings is 1. The van der Waals surface area contributed by atoms with E-state index in [1.807, 2.05) is 0 Å². The van der Waals surface area contributed by atoms with Crippen LogP contribution in [-0.4, -0.2) is 4.57 Å². The molecule has 0 saturated carbocycles. The summed E-state index contributed by atoms with van der Waals surface area (Å²) in [4.78, 5) is 4.68. The Morgan fingerprint density at radius 1 is 0.317 bits per heavy atom. The highest BCUT2D eigenvalue weighted by Crippen LogP contribution is 2.45. The van der Waals surface area contributed by atoms with Gasteiger partial charge in [-0.3, -0.25) is 0 Å². The summed E-state index contributed by atoms with van der Waals surface area (Å²) in [5.41, 5.74) is 11.5. The number of rotatable bonds is 7. The van der Waals surface area contributed by atoms with Crippen LogP contribution in [0.1, 0.15) is 0 Å². The zero-order valence-corrected chi connectivity index (χ0v) is 32.6. The number of para-hydroxylation sites is 4. The van der Waals surface area contributed by atoms with Crippen molar-refractivity contribution in [3.63, 3.8) is 0 Å². The fraction of sp³-hybridized carbons (Fsp3) is 0. The Hall–Kier alpha value is -8.08. The molecular formula is C56H37N3O. The second kappa shape index (κ2) is 13.8. The van der Waals surface area contributed by atoms with Gasteiger partial charge < -0.3 is 18.8 Å². The lowest BCUT2D eigenvalue weighted by Crippen LogP contribution is -2.12. The zero-order valence-electron chi connectivity index (χ0n) is 32.6. The lowest BCUT2D eigenvalue weighted by Gasteiger charge is -2.28. The first-order chi connectivity index (χ1) is 29.7. The van der Waals surface area contributed by atoms with Crippen LogP contribution < -0.4 is 9.80 Å². The number of hydrogen-bond donors (Lipinski definition) is 0. The van der Waals surface area contributed by atoms with Crippen LogP contribution in [-0.2, 0) is 0 Å². The Balaban J connectivity index is 1.03. The first kappa shape index (κ1) is 34.0. The van der Waals surface area contributed by atoms with Gasteiger partial charge in [0.2, 0.25) is 0 Å². The van der Waals surface area contributed by atoms with Crippen LogP contribution in [0.3, 0.4) is 0 Å². The molecule has 0 aliphatic heterocycles. The number of nitrogens with zero attached hydrogens (tertiary/aromatic N) is 3. The van der Waals surface area contributed by atoms with E-state index in [4.69, 9.17) is 4.42 Å². The second-order valence-electron chi connectivity index (χ2n) is 15.4. The van der Waals surface area contributed by atoms with Gasteiger partial charge in [-0.15, -0.1) is 0 Å². The molecule has 2 aromatic heterocycles. The van der Waals surface area contributed by atoms with Crippen molar-refractivity contribution in [1.82, 2.24) is 4.57 Å². The molecule has 60 heavy (non-hydrogen) atoms. The van der Waals surface area contributed by atoms with Crippen LogP contribution >= 0.6 is 0 Å². The second-order valence-corrected chi connectivity index (χ2v) is 15.4. The van der Waals surface area contributed by atoms with Crippen molar-refractivity contribution < 1.29 is 4.42 Å². The Morgan fingerprint density at radius 3 is 1.65 bits per heavy atom. The molecule has 0 N–H and O–H groups in total. The van der Waals surface area contributed by atoms with Gasteiger partial charge in [-0.05, 0) is 119 Å². The summed E-state index contributed by atoms with van der Waals surface area (Å²) in [6, 6.07) is 80.4. The SMILES string of the molecule is c1ccc(N(c2ccc(N(c3ccc4ccccc4c3)c3ccc4c5ccccc5n(-c5ccccc5)c4c3)cc2)c2cccc3c2oc2cc4ccccc4cc23)cc1. The molecule has 0 radical (unpaired) electrons. The fourth-order valence-electron chi connectivity index (χ4n) is 9.12. The van der Waals surface area contributed by atoms with Gasteiger partial charge in [0.15, 0.2) is 5.58 Å². The van der Waals surface area contributed by atoms with Crippen LogP contribution in [0, 0.1) is 0 Å². The number of hydrogen-bond acceptors (Lipinski definition) is 3. The quantitative estimate of drug-likeness (QED) is 0.161. The molecule has 0 atom stereocenters. The highest BCUT2D eigenvalue weighted by molar-refractivity contribution is 6.14. The average Bonchev–Trinajstić information content (AvgIpc) is 3.85. The summed E-state index contributed by atoms with van der Waals surface area (Å²) in [5.74, 6) is 0. The molecule has 0 aliphatic carbocycles. The van der Waals surface area contributed by atoms with Crippen molar-refractivity contribution in [3.8, 4) is 5.69 Å². The fourth-order valence-corrected chi connectivity index (χ4v) is 9.12. The molecule has 0 amide bonds. The Morgan fingerprint density at radius 2 is 0.867 bits per heavy atom. The molecule has 0 aliphatic rings. The smallest absolute Gasteiger partial charge is 0.159 e. The zero-order chi connectivity index (χ0) is 39.6. The summed E-state index contributed by atoms with van der Waals surface area (Å²) in [6.45, 7) is 0. The maximum absolute atomic E-state index is 6.78. The monoisotopic (exact) mass is 767 g/mol. The van der Waals surface area contributed by atoms with Crippen molar-refractivity contribution in [1.29, 1.82) is 0 Å². The highest BCUT2D eigenvalue weighted by Gasteiger charge is 2.22. The minimum absolute atomic E-state index is 0.857. The molecular weight excluding hydrogens is 731 g/mol. The highest BCUT2D eigenvalue weighted by atomic mass is 16.3. The first-order valence-corrected chi connectivity index (χ1v) is 20.4. The topological polar surface area (TPSA) is 24.6 Å². The van der Waals surface area contributed by atoms with Crippen molar-refractivity contribution in [2.24, 2.45) is 0 Å². The van der Waals surface area contributed by atoms with E-state index in [-0.39, 0.29) is 0 Å². The first-order valence-electron chi connectivity index (χ1n) is 20.4. The number of anilines is 6. The molecule has 4 nitrogen and oxygen atoms in total. The molecule has 2 heterocycles. The van der Waals surface area contributed by atoms with E-state index in [0.717, 1.165) is 72.7 Å². The molecule has 0 fully saturated rings. The van der Waals surface area contributed by atoms with E-state index in [0.29, 0.717) is 0 Å². The van der Waals surface area contributed by atoms with Crippen LogP contribution in [0.5, 0.6) is 0 Å². The van der Waals surface area contributed by atoms with E-state index in [1.54, 1.807) is 0 Å². The van der Waals surface area contributed by atoms with Crippen LogP contribution in [0.2, 0.25) is 0 Å². The lowest BCUT2D eigenvalue weighted by atomic mass is 10.1. The maximum atomic E-state index is 6.78. The predicted molar refractivity (Wildman–Crippen MR) is 252 cm³/mol. The van der Waals surface area contributed by atoms with Crippen molar-refractivity contribution in [2.45, 2.75) is 0 Å². The van der Waals surface area contributed by atoms with E-state index in [9.17, 15) is 0 Å². The van der Waals surface area contributed by atoms with Gasteiger partial charge in [-0.1, -0.05) is 127 Å². The van der Waals surface area contributed by atoms with Crippen molar-refractivity contribution in [3.05, 3.63) is 224 Å². The van der Waals surface area contributed by atoms with E-state index in [2.05, 4.69) is 239 Å². The summed E-state index contributed by atoms with van der Waals surface area (Å²) >= 11 is 0. The van der Waals surface area contributed by atoms with E-state index < -0.39 is 0 Å². The van der Waals surface area contributed by atoms with Gasteiger partial charge in [0.1, 0.15) is 5.58 Å². The molecule has 12 aromatic rings. The molecule has 10 aromatic carbocycles. The van der Waals surface area contributed by atoms with Crippen LogP contribution in [0.25, 0.3) is 71.0 Å². The Bertz CT molecular complexity index is 3550. The maximum Gasteiger partial charge on any atom is 0.159 e. The van der Waals surface area contributed by atoms with Gasteiger partial charge in [0.25, 0.3) is 0 Å². The minimum atomic E-state index is 0.857. The van der Waals surface area contributed by atoms with Crippen molar-refractivity contribution in [2.75, 3.05) is 9.80 Å². The standard InChI is InChI=1S/C56H37N3O/c1-3-18-42(19-4-1)58(53-25-13-23-50-51-35-40-16-9-10-17-41(40)36-55(51)60-56(50)53)45-30-28-44(29-31-45)57(46-27-26-38-14-7-8-15-39(38)34-46)47-32-33-49-48-22-11-12-24-52(48)59(54(49)37-47)43-20-5-2-6-21-43/h1-37H. The van der Waals surface area contributed by atoms with Crippen LogP contribution in [0.4, 0.5) is 34.1 Å².